The van der Waals surface area contributed by atoms with Crippen LogP contribution in [0.15, 0.2) is 29.6 Å². The second-order valence-electron chi connectivity index (χ2n) is 8.53. The van der Waals surface area contributed by atoms with E-state index < -0.39 is 0 Å². The van der Waals surface area contributed by atoms with Crippen molar-refractivity contribution in [2.75, 3.05) is 32.7 Å². The average Bonchev–Trinajstić information content (AvgIpc) is 3.31. The van der Waals surface area contributed by atoms with Crippen molar-refractivity contribution in [3.8, 4) is 0 Å². The van der Waals surface area contributed by atoms with Crippen LogP contribution in [0.2, 0.25) is 5.02 Å². The molecule has 7 heteroatoms. The molecule has 5 nitrogen and oxygen atoms in total. The number of aromatic nitrogens is 2. The molecule has 0 spiro atoms. The number of nitrogens with zero attached hydrogens (tertiary/aromatic N) is 4. The van der Waals surface area contributed by atoms with Gasteiger partial charge < -0.3 is 4.90 Å². The average molecular weight is 419 g/mol. The first-order valence-corrected chi connectivity index (χ1v) is 11.2. The third kappa shape index (κ3) is 4.39. The molecule has 2 fully saturated rings. The number of hydrogen-bond donors (Lipinski definition) is 0. The van der Waals surface area contributed by atoms with E-state index in [-0.39, 0.29) is 11.8 Å². The summed E-state index contributed by atoms with van der Waals surface area (Å²) in [5, 5.41) is 7.11. The Bertz CT molecular complexity index is 787. The van der Waals surface area contributed by atoms with Crippen LogP contribution >= 0.6 is 23.1 Å². The molecule has 1 amide bonds. The second-order valence-corrected chi connectivity index (χ2v) is 9.58. The van der Waals surface area contributed by atoms with Gasteiger partial charge in [-0.25, -0.2) is 0 Å². The molecule has 0 N–H and O–H groups in total. The fraction of sp³-hybridized carbons (Fsp3) is 0.571. The number of piperidine rings is 1. The number of rotatable bonds is 4. The van der Waals surface area contributed by atoms with Gasteiger partial charge in [-0.15, -0.1) is 5.10 Å². The monoisotopic (exact) mass is 418 g/mol. The van der Waals surface area contributed by atoms with Gasteiger partial charge in [-0.05, 0) is 47.5 Å². The van der Waals surface area contributed by atoms with Crippen molar-refractivity contribution < 1.29 is 4.79 Å². The molecule has 2 aliphatic heterocycles. The molecule has 2 aromatic rings. The minimum absolute atomic E-state index is 0.255. The van der Waals surface area contributed by atoms with E-state index >= 15 is 0 Å². The zero-order chi connectivity index (χ0) is 19.7. The summed E-state index contributed by atoms with van der Waals surface area (Å²) in [6.45, 7) is 8.44. The van der Waals surface area contributed by atoms with Crippen LogP contribution < -0.4 is 0 Å². The van der Waals surface area contributed by atoms with E-state index in [9.17, 15) is 4.79 Å². The number of benzene rings is 1. The molecule has 4 atom stereocenters. The van der Waals surface area contributed by atoms with Gasteiger partial charge in [0.05, 0.1) is 12.2 Å². The van der Waals surface area contributed by atoms with E-state index in [1.165, 1.54) is 23.5 Å². The molecule has 4 rings (SSSR count). The summed E-state index contributed by atoms with van der Waals surface area (Å²) in [7, 11) is 0. The third-order valence-electron chi connectivity index (χ3n) is 6.03. The molecule has 2 aliphatic rings. The van der Waals surface area contributed by atoms with Gasteiger partial charge in [0.2, 0.25) is 5.91 Å². The van der Waals surface area contributed by atoms with E-state index in [0.717, 1.165) is 36.9 Å². The van der Waals surface area contributed by atoms with Crippen LogP contribution in [-0.2, 0) is 4.79 Å². The van der Waals surface area contributed by atoms with E-state index in [1.807, 2.05) is 17.5 Å². The number of amides is 1. The highest BCUT2D eigenvalue weighted by Crippen LogP contribution is 2.39. The number of halogens is 1. The van der Waals surface area contributed by atoms with Crippen LogP contribution in [-0.4, -0.2) is 58.0 Å². The lowest BCUT2D eigenvalue weighted by atomic mass is 9.87. The number of likely N-dealkylation sites (tertiary alicyclic amines) is 2. The Labute approximate surface area is 175 Å². The van der Waals surface area contributed by atoms with Crippen LogP contribution in [0.5, 0.6) is 0 Å². The predicted octanol–water partition coefficient (Wildman–Crippen LogP) is 3.88. The molecule has 0 saturated carbocycles. The number of hydrogen-bond acceptors (Lipinski definition) is 5. The van der Waals surface area contributed by atoms with Gasteiger partial charge in [0.25, 0.3) is 0 Å². The molecule has 0 aliphatic carbocycles. The zero-order valence-corrected chi connectivity index (χ0v) is 18.0. The van der Waals surface area contributed by atoms with Crippen molar-refractivity contribution in [3.05, 3.63) is 45.9 Å². The molecule has 28 heavy (non-hydrogen) atoms. The van der Waals surface area contributed by atoms with Crippen LogP contribution in [0, 0.1) is 11.8 Å². The summed E-state index contributed by atoms with van der Waals surface area (Å²) in [6, 6.07) is 8.08. The van der Waals surface area contributed by atoms with Crippen molar-refractivity contribution in [3.63, 3.8) is 0 Å². The predicted molar refractivity (Wildman–Crippen MR) is 113 cm³/mol. The molecular formula is C21H27ClN4OS. The molecule has 0 bridgehead atoms. The summed E-state index contributed by atoms with van der Waals surface area (Å²) in [4.78, 5) is 17.3. The van der Waals surface area contributed by atoms with E-state index in [2.05, 4.69) is 45.4 Å². The number of carbonyl (C=O) groups excluding carboxylic acids is 1. The third-order valence-corrected chi connectivity index (χ3v) is 6.81. The van der Waals surface area contributed by atoms with Gasteiger partial charge in [-0.3, -0.25) is 9.69 Å². The maximum atomic E-state index is 13.0. The second kappa shape index (κ2) is 8.47. The lowest BCUT2D eigenvalue weighted by Crippen LogP contribution is -2.46. The first-order valence-electron chi connectivity index (χ1n) is 10.0. The molecule has 3 heterocycles. The fourth-order valence-corrected chi connectivity index (χ4v) is 5.50. The summed E-state index contributed by atoms with van der Waals surface area (Å²) in [5.74, 6) is 1.98. The standard InChI is InChI=1S/C21H27ClN4OS/c1-14-7-15(2)9-26(8-14)21(27)12-25-10-18(16-3-5-17(22)6-4-16)19(11-25)20-13-28-24-23-20/h3-6,13-15,18-19H,7-12H2,1-2H3/t14?,15?,18-,19+/m1/s1. The van der Waals surface area contributed by atoms with Gasteiger partial charge in [-0.2, -0.15) is 0 Å². The fourth-order valence-electron chi connectivity index (χ4n) is 4.85. The van der Waals surface area contributed by atoms with Crippen molar-refractivity contribution in [2.24, 2.45) is 11.8 Å². The lowest BCUT2D eigenvalue weighted by Gasteiger charge is -2.35. The van der Waals surface area contributed by atoms with Crippen LogP contribution in [0.4, 0.5) is 0 Å². The smallest absolute Gasteiger partial charge is 0.236 e. The normalized spacial score (nSPS) is 28.6. The van der Waals surface area contributed by atoms with Crippen molar-refractivity contribution >= 4 is 29.0 Å². The quantitative estimate of drug-likeness (QED) is 0.756. The van der Waals surface area contributed by atoms with Gasteiger partial charge >= 0.3 is 0 Å². The maximum Gasteiger partial charge on any atom is 0.236 e. The Morgan fingerprint density at radius 2 is 1.79 bits per heavy atom. The highest BCUT2D eigenvalue weighted by molar-refractivity contribution is 7.03. The summed E-state index contributed by atoms with van der Waals surface area (Å²) < 4.78 is 4.06. The first kappa shape index (κ1) is 19.8. The maximum absolute atomic E-state index is 13.0. The lowest BCUT2D eigenvalue weighted by molar-refractivity contribution is -0.134. The SMILES string of the molecule is CC1CC(C)CN(C(=O)CN2C[C@H](c3ccc(Cl)cc3)[C@@H](c3csnn3)C2)C1. The van der Waals surface area contributed by atoms with Crippen molar-refractivity contribution in [1.29, 1.82) is 0 Å². The van der Waals surface area contributed by atoms with Gasteiger partial charge in [0, 0.05) is 48.4 Å². The minimum Gasteiger partial charge on any atom is -0.341 e. The van der Waals surface area contributed by atoms with E-state index in [1.54, 1.807) is 0 Å². The largest absolute Gasteiger partial charge is 0.341 e. The Kier molecular flexibility index (Phi) is 5.99. The molecule has 1 aromatic heterocycles. The molecule has 2 saturated heterocycles. The van der Waals surface area contributed by atoms with Gasteiger partial charge in [0.1, 0.15) is 0 Å². The summed E-state index contributed by atoms with van der Waals surface area (Å²) in [6.07, 6.45) is 1.21. The van der Waals surface area contributed by atoms with Gasteiger partial charge in [0.15, 0.2) is 0 Å². The Morgan fingerprint density at radius 3 is 2.43 bits per heavy atom. The Morgan fingerprint density at radius 1 is 1.11 bits per heavy atom. The van der Waals surface area contributed by atoms with E-state index in [4.69, 9.17) is 11.6 Å². The Hall–Kier alpha value is -1.50. The zero-order valence-electron chi connectivity index (χ0n) is 16.4. The molecule has 150 valence electrons. The molecule has 2 unspecified atom stereocenters. The summed E-state index contributed by atoms with van der Waals surface area (Å²) in [5.41, 5.74) is 2.28. The topological polar surface area (TPSA) is 49.3 Å². The van der Waals surface area contributed by atoms with Crippen molar-refractivity contribution in [1.82, 2.24) is 19.4 Å². The highest BCUT2D eigenvalue weighted by atomic mass is 35.5. The van der Waals surface area contributed by atoms with E-state index in [0.29, 0.717) is 24.3 Å². The first-order chi connectivity index (χ1) is 13.5. The van der Waals surface area contributed by atoms with Gasteiger partial charge in [-0.1, -0.05) is 42.1 Å². The van der Waals surface area contributed by atoms with Crippen molar-refractivity contribution in [2.45, 2.75) is 32.1 Å². The summed E-state index contributed by atoms with van der Waals surface area (Å²) >= 11 is 7.47. The Balaban J connectivity index is 1.48. The molecule has 1 aromatic carbocycles. The number of carbonyl (C=O) groups is 1. The van der Waals surface area contributed by atoms with Crippen LogP contribution in [0.3, 0.4) is 0 Å². The molecular weight excluding hydrogens is 392 g/mol. The highest BCUT2D eigenvalue weighted by Gasteiger charge is 2.38. The minimum atomic E-state index is 0.255. The van der Waals surface area contributed by atoms with Crippen LogP contribution in [0.25, 0.3) is 0 Å². The molecule has 0 radical (unpaired) electrons. The van der Waals surface area contributed by atoms with Crippen LogP contribution in [0.1, 0.15) is 43.4 Å².